The number of thiophene rings is 1. The van der Waals surface area contributed by atoms with Gasteiger partial charge in [0, 0.05) is 0 Å². The molecule has 0 radical (unpaired) electrons. The summed E-state index contributed by atoms with van der Waals surface area (Å²) in [7, 11) is -0.853. The van der Waals surface area contributed by atoms with Gasteiger partial charge in [0.1, 0.15) is 0 Å². The van der Waals surface area contributed by atoms with Gasteiger partial charge in [0.05, 0.1) is 8.55 Å². The molecule has 4 heteroatoms. The fourth-order valence-corrected chi connectivity index (χ4v) is 3.48. The molecule has 0 aliphatic carbocycles. The molecule has 0 amide bonds. The maximum atomic E-state index is 5.76. The molecule has 0 aliphatic heterocycles. The highest BCUT2D eigenvalue weighted by molar-refractivity contribution is 8.87. The van der Waals surface area contributed by atoms with Crippen molar-refractivity contribution in [3.63, 3.8) is 0 Å². The summed E-state index contributed by atoms with van der Waals surface area (Å²) in [4.78, 5) is 0. The van der Waals surface area contributed by atoms with E-state index in [9.17, 15) is 0 Å². The van der Waals surface area contributed by atoms with Crippen LogP contribution in [-0.4, -0.2) is 12.5 Å². The highest BCUT2D eigenvalue weighted by Gasteiger charge is 2.10. The van der Waals surface area contributed by atoms with Crippen LogP contribution < -0.4 is 0 Å². The van der Waals surface area contributed by atoms with Gasteiger partial charge in [-0.1, -0.05) is 11.6 Å². The maximum Gasteiger partial charge on any atom is 0.0940 e. The summed E-state index contributed by atoms with van der Waals surface area (Å²) in [6.07, 6.45) is 4.27. The number of rotatable bonds is 1. The smallest absolute Gasteiger partial charge is 0.0940 e. The molecule has 10 heavy (non-hydrogen) atoms. The fourth-order valence-electron chi connectivity index (χ4n) is 0.566. The van der Waals surface area contributed by atoms with Crippen molar-refractivity contribution in [3.05, 3.63) is 16.5 Å². The van der Waals surface area contributed by atoms with Crippen LogP contribution in [-0.2, 0) is 0 Å². The number of halogens is 1. The van der Waals surface area contributed by atoms with Crippen LogP contribution in [0.25, 0.3) is 0 Å². The lowest BCUT2D eigenvalue weighted by Gasteiger charge is -2.20. The highest BCUT2D eigenvalue weighted by Crippen LogP contribution is 2.56. The largest absolute Gasteiger partial charge is 0.165 e. The van der Waals surface area contributed by atoms with Crippen molar-refractivity contribution in [2.24, 2.45) is 0 Å². The molecule has 1 heterocycles. The van der Waals surface area contributed by atoms with Crippen LogP contribution in [0.5, 0.6) is 0 Å². The van der Waals surface area contributed by atoms with E-state index in [1.54, 1.807) is 11.3 Å². The van der Waals surface area contributed by atoms with Gasteiger partial charge < -0.3 is 0 Å². The average molecular weight is 213 g/mol. The van der Waals surface area contributed by atoms with E-state index < -0.39 is 9.06 Å². The van der Waals surface area contributed by atoms with Gasteiger partial charge in [0.2, 0.25) is 0 Å². The Bertz CT molecular complexity index is 223. The minimum absolute atomic E-state index is 0.852. The number of hydrogen-bond donors (Lipinski definition) is 1. The average Bonchev–Trinajstić information content (AvgIpc) is 2.11. The quantitative estimate of drug-likeness (QED) is 0.533. The summed E-state index contributed by atoms with van der Waals surface area (Å²) in [6, 6.07) is 3.97. The molecule has 0 N–H and O–H groups in total. The highest BCUT2D eigenvalue weighted by atomic mass is 35.5. The Morgan fingerprint density at radius 1 is 1.50 bits per heavy atom. The van der Waals surface area contributed by atoms with Gasteiger partial charge in [-0.05, 0) is 24.6 Å². The molecule has 58 valence electrons. The van der Waals surface area contributed by atoms with E-state index in [4.69, 9.17) is 11.6 Å². The van der Waals surface area contributed by atoms with Gasteiger partial charge in [-0.3, -0.25) is 0 Å². The van der Waals surface area contributed by atoms with Crippen molar-refractivity contribution < 1.29 is 0 Å². The lowest BCUT2D eigenvalue weighted by atomic mass is 10.7. The molecule has 1 aromatic rings. The Labute approximate surface area is 76.7 Å². The van der Waals surface area contributed by atoms with E-state index in [0.29, 0.717) is 0 Å². The molecule has 0 aliphatic rings. The van der Waals surface area contributed by atoms with Crippen LogP contribution in [0.3, 0.4) is 0 Å². The van der Waals surface area contributed by atoms with E-state index in [1.165, 1.54) is 4.21 Å². The first-order chi connectivity index (χ1) is 4.50. The third-order valence-electron chi connectivity index (χ3n) is 1.04. The minimum atomic E-state index is -0.853. The summed E-state index contributed by atoms with van der Waals surface area (Å²) in [5, 5.41) is 0. The SMILES string of the molecule is CS(C)(S)c1ccc(Cl)s1. The van der Waals surface area contributed by atoms with Crippen LogP contribution in [0.2, 0.25) is 4.34 Å². The molecule has 0 saturated heterocycles. The molecule has 0 bridgehead atoms. The lowest BCUT2D eigenvalue weighted by molar-refractivity contribution is 1.71. The second-order valence-electron chi connectivity index (χ2n) is 2.33. The van der Waals surface area contributed by atoms with Crippen molar-refractivity contribution in [3.8, 4) is 0 Å². The monoisotopic (exact) mass is 212 g/mol. The second-order valence-corrected chi connectivity index (χ2v) is 10.0. The van der Waals surface area contributed by atoms with Crippen molar-refractivity contribution in [2.45, 2.75) is 4.21 Å². The molecular weight excluding hydrogens is 204 g/mol. The Morgan fingerprint density at radius 3 is 2.30 bits per heavy atom. The van der Waals surface area contributed by atoms with Crippen LogP contribution in [0.4, 0.5) is 0 Å². The predicted molar refractivity (Wildman–Crippen MR) is 56.0 cm³/mol. The summed E-state index contributed by atoms with van der Waals surface area (Å²) in [5.74, 6) is 0. The number of thiol groups is 1. The zero-order valence-electron chi connectivity index (χ0n) is 5.80. The number of hydrogen-bond acceptors (Lipinski definition) is 2. The Kier molecular flexibility index (Phi) is 2.61. The molecular formula is C6H9ClS3. The Morgan fingerprint density at radius 2 is 2.10 bits per heavy atom. The molecule has 0 unspecified atom stereocenters. The first-order valence-electron chi connectivity index (χ1n) is 2.71. The summed E-state index contributed by atoms with van der Waals surface area (Å²) < 4.78 is 2.14. The van der Waals surface area contributed by atoms with E-state index in [0.717, 1.165) is 4.34 Å². The Balaban J connectivity index is 2.96. The first-order valence-corrected chi connectivity index (χ1v) is 7.41. The molecule has 0 aromatic carbocycles. The van der Waals surface area contributed by atoms with Crippen LogP contribution >= 0.6 is 43.7 Å². The summed E-state index contributed by atoms with van der Waals surface area (Å²) in [6.45, 7) is 0. The van der Waals surface area contributed by atoms with Gasteiger partial charge in [0.25, 0.3) is 0 Å². The zero-order valence-corrected chi connectivity index (χ0v) is 9.08. The topological polar surface area (TPSA) is 0 Å². The molecule has 0 nitrogen and oxygen atoms in total. The normalized spacial score (nSPS) is 13.6. The molecule has 0 spiro atoms. The molecule has 0 fully saturated rings. The second kappa shape index (κ2) is 2.97. The fraction of sp³-hybridized carbons (Fsp3) is 0.333. The van der Waals surface area contributed by atoms with Crippen molar-refractivity contribution in [2.75, 3.05) is 12.5 Å². The van der Waals surface area contributed by atoms with E-state index >= 15 is 0 Å². The van der Waals surface area contributed by atoms with Crippen LogP contribution in [0.15, 0.2) is 16.3 Å². The third kappa shape index (κ3) is 2.09. The van der Waals surface area contributed by atoms with Gasteiger partial charge >= 0.3 is 0 Å². The molecule has 1 aromatic heterocycles. The van der Waals surface area contributed by atoms with Crippen molar-refractivity contribution in [1.82, 2.24) is 0 Å². The van der Waals surface area contributed by atoms with E-state index in [2.05, 4.69) is 30.2 Å². The van der Waals surface area contributed by atoms with E-state index in [-0.39, 0.29) is 0 Å². The first kappa shape index (κ1) is 8.78. The Hall–Kier alpha value is 0.690. The van der Waals surface area contributed by atoms with E-state index in [1.807, 2.05) is 6.07 Å². The predicted octanol–water partition coefficient (Wildman–Crippen LogP) is 3.67. The van der Waals surface area contributed by atoms with Crippen molar-refractivity contribution in [1.29, 1.82) is 0 Å². The van der Waals surface area contributed by atoms with Gasteiger partial charge in [-0.25, -0.2) is 0 Å². The summed E-state index contributed by atoms with van der Waals surface area (Å²) >= 11 is 11.9. The molecule has 1 rings (SSSR count). The zero-order chi connectivity index (χ0) is 7.78. The summed E-state index contributed by atoms with van der Waals surface area (Å²) in [5.41, 5.74) is 0. The lowest BCUT2D eigenvalue weighted by Crippen LogP contribution is -1.79. The molecule has 0 saturated carbocycles. The molecule has 0 atom stereocenters. The van der Waals surface area contributed by atoms with Gasteiger partial charge in [0.15, 0.2) is 0 Å². The van der Waals surface area contributed by atoms with Crippen molar-refractivity contribution >= 4 is 43.7 Å². The van der Waals surface area contributed by atoms with Gasteiger partial charge in [-0.2, -0.15) is 9.06 Å². The van der Waals surface area contributed by atoms with Crippen LogP contribution in [0.1, 0.15) is 0 Å². The minimum Gasteiger partial charge on any atom is -0.165 e. The van der Waals surface area contributed by atoms with Gasteiger partial charge in [-0.15, -0.1) is 23.0 Å². The standard InChI is InChI=1S/C6H9ClS3/c1-10(2,8)6-4-3-5(7)9-6/h3-4,8H,1-2H3. The van der Waals surface area contributed by atoms with Crippen LogP contribution in [0, 0.1) is 0 Å². The third-order valence-corrected chi connectivity index (χ3v) is 5.65. The maximum absolute atomic E-state index is 5.76.